The lowest BCUT2D eigenvalue weighted by atomic mass is 10.1. The van der Waals surface area contributed by atoms with Crippen LogP contribution in [0.15, 0.2) is 24.3 Å². The highest BCUT2D eigenvalue weighted by molar-refractivity contribution is 5.99. The van der Waals surface area contributed by atoms with E-state index in [-0.39, 0.29) is 12.4 Å². The molecule has 1 aromatic carbocycles. The first-order valence-corrected chi connectivity index (χ1v) is 5.03. The molecule has 0 spiro atoms. The standard InChI is InChI=1S/C12H16O3/c1-3-8-15-9-11(13)10-6-4-5-7-12(10)14-2/h4-7H,3,8-9H2,1-2H3. The highest BCUT2D eigenvalue weighted by Crippen LogP contribution is 2.17. The number of rotatable bonds is 6. The first-order chi connectivity index (χ1) is 7.29. The van der Waals surface area contributed by atoms with E-state index in [1.807, 2.05) is 19.1 Å². The fraction of sp³-hybridized carbons (Fsp3) is 0.417. The number of carbonyl (C=O) groups is 1. The third-order valence-electron chi connectivity index (χ3n) is 1.99. The van der Waals surface area contributed by atoms with Gasteiger partial charge < -0.3 is 9.47 Å². The lowest BCUT2D eigenvalue weighted by Crippen LogP contribution is -2.10. The third kappa shape index (κ3) is 3.36. The van der Waals surface area contributed by atoms with Gasteiger partial charge in [-0.2, -0.15) is 0 Å². The summed E-state index contributed by atoms with van der Waals surface area (Å²) in [6.07, 6.45) is 0.916. The molecule has 0 amide bonds. The van der Waals surface area contributed by atoms with Gasteiger partial charge in [0.2, 0.25) is 0 Å². The van der Waals surface area contributed by atoms with Crippen molar-refractivity contribution >= 4 is 5.78 Å². The number of hydrogen-bond donors (Lipinski definition) is 0. The minimum Gasteiger partial charge on any atom is -0.496 e. The minimum atomic E-state index is -0.0408. The van der Waals surface area contributed by atoms with Gasteiger partial charge in [0, 0.05) is 6.61 Å². The molecule has 0 fully saturated rings. The van der Waals surface area contributed by atoms with Crippen LogP contribution in [-0.4, -0.2) is 26.1 Å². The van der Waals surface area contributed by atoms with Gasteiger partial charge in [-0.25, -0.2) is 0 Å². The van der Waals surface area contributed by atoms with Gasteiger partial charge >= 0.3 is 0 Å². The maximum absolute atomic E-state index is 11.7. The van der Waals surface area contributed by atoms with Crippen molar-refractivity contribution in [2.24, 2.45) is 0 Å². The van der Waals surface area contributed by atoms with E-state index in [0.29, 0.717) is 17.9 Å². The number of hydrogen-bond acceptors (Lipinski definition) is 3. The van der Waals surface area contributed by atoms with E-state index >= 15 is 0 Å². The van der Waals surface area contributed by atoms with Crippen LogP contribution in [-0.2, 0) is 4.74 Å². The Balaban J connectivity index is 2.64. The third-order valence-corrected chi connectivity index (χ3v) is 1.99. The molecule has 0 aliphatic heterocycles. The van der Waals surface area contributed by atoms with Gasteiger partial charge in [-0.15, -0.1) is 0 Å². The maximum Gasteiger partial charge on any atom is 0.192 e. The molecule has 0 aliphatic carbocycles. The largest absolute Gasteiger partial charge is 0.496 e. The zero-order valence-electron chi connectivity index (χ0n) is 9.16. The molecule has 1 rings (SSSR count). The molecule has 0 aromatic heterocycles. The Hall–Kier alpha value is -1.35. The number of ether oxygens (including phenoxy) is 2. The topological polar surface area (TPSA) is 35.5 Å². The van der Waals surface area contributed by atoms with Crippen molar-refractivity contribution in [3.05, 3.63) is 29.8 Å². The van der Waals surface area contributed by atoms with Crippen molar-refractivity contribution in [1.82, 2.24) is 0 Å². The summed E-state index contributed by atoms with van der Waals surface area (Å²) in [5.74, 6) is 0.559. The van der Waals surface area contributed by atoms with E-state index in [1.165, 1.54) is 0 Å². The number of para-hydroxylation sites is 1. The second kappa shape index (κ2) is 6.19. The highest BCUT2D eigenvalue weighted by atomic mass is 16.5. The Labute approximate surface area is 90.0 Å². The van der Waals surface area contributed by atoms with Crippen molar-refractivity contribution in [3.8, 4) is 5.75 Å². The highest BCUT2D eigenvalue weighted by Gasteiger charge is 2.10. The van der Waals surface area contributed by atoms with E-state index in [9.17, 15) is 4.79 Å². The van der Waals surface area contributed by atoms with Crippen molar-refractivity contribution < 1.29 is 14.3 Å². The molecule has 3 heteroatoms. The second-order valence-corrected chi connectivity index (χ2v) is 3.18. The first-order valence-electron chi connectivity index (χ1n) is 5.03. The van der Waals surface area contributed by atoms with E-state index in [0.717, 1.165) is 6.42 Å². The number of Topliss-reactive ketones (excluding diaryl/α,β-unsaturated/α-hetero) is 1. The summed E-state index contributed by atoms with van der Waals surface area (Å²) in [6, 6.07) is 7.17. The van der Waals surface area contributed by atoms with Gasteiger partial charge in [-0.3, -0.25) is 4.79 Å². The van der Waals surface area contributed by atoms with Crippen LogP contribution in [0.3, 0.4) is 0 Å². The van der Waals surface area contributed by atoms with Gasteiger partial charge in [0.25, 0.3) is 0 Å². The molecule has 82 valence electrons. The Bertz CT molecular complexity index is 320. The summed E-state index contributed by atoms with van der Waals surface area (Å²) in [6.45, 7) is 2.74. The van der Waals surface area contributed by atoms with Gasteiger partial charge in [0.05, 0.1) is 12.7 Å². The monoisotopic (exact) mass is 208 g/mol. The van der Waals surface area contributed by atoms with E-state index < -0.39 is 0 Å². The number of methoxy groups -OCH3 is 1. The van der Waals surface area contributed by atoms with Crippen LogP contribution in [0.2, 0.25) is 0 Å². The fourth-order valence-electron chi connectivity index (χ4n) is 1.26. The SMILES string of the molecule is CCCOCC(=O)c1ccccc1OC. The molecule has 0 unspecified atom stereocenters. The molecule has 0 N–H and O–H groups in total. The zero-order chi connectivity index (χ0) is 11.1. The molecule has 0 aliphatic rings. The lowest BCUT2D eigenvalue weighted by Gasteiger charge is -2.07. The Morgan fingerprint density at radius 1 is 1.33 bits per heavy atom. The minimum absolute atomic E-state index is 0.0408. The quantitative estimate of drug-likeness (QED) is 0.531. The van der Waals surface area contributed by atoms with Crippen LogP contribution in [0.4, 0.5) is 0 Å². The van der Waals surface area contributed by atoms with Crippen LogP contribution >= 0.6 is 0 Å². The smallest absolute Gasteiger partial charge is 0.192 e. The number of benzene rings is 1. The normalized spacial score (nSPS) is 10.0. The predicted octanol–water partition coefficient (Wildman–Crippen LogP) is 2.30. The van der Waals surface area contributed by atoms with Crippen LogP contribution in [0.5, 0.6) is 5.75 Å². The van der Waals surface area contributed by atoms with Crippen molar-refractivity contribution in [3.63, 3.8) is 0 Å². The molecule has 0 atom stereocenters. The Morgan fingerprint density at radius 3 is 2.73 bits per heavy atom. The first kappa shape index (κ1) is 11.7. The van der Waals surface area contributed by atoms with Crippen LogP contribution < -0.4 is 4.74 Å². The van der Waals surface area contributed by atoms with E-state index in [4.69, 9.17) is 9.47 Å². The molecular formula is C12H16O3. The average Bonchev–Trinajstić information content (AvgIpc) is 2.29. The average molecular weight is 208 g/mol. The molecule has 1 aromatic rings. The molecule has 0 radical (unpaired) electrons. The predicted molar refractivity (Wildman–Crippen MR) is 58.4 cm³/mol. The molecule has 15 heavy (non-hydrogen) atoms. The molecule has 3 nitrogen and oxygen atoms in total. The molecule has 0 heterocycles. The Morgan fingerprint density at radius 2 is 2.07 bits per heavy atom. The van der Waals surface area contributed by atoms with Gasteiger partial charge in [-0.1, -0.05) is 19.1 Å². The summed E-state index contributed by atoms with van der Waals surface area (Å²) in [4.78, 5) is 11.7. The number of ketones is 1. The second-order valence-electron chi connectivity index (χ2n) is 3.18. The molecule has 0 saturated heterocycles. The molecular weight excluding hydrogens is 192 g/mol. The van der Waals surface area contributed by atoms with E-state index in [2.05, 4.69) is 0 Å². The number of carbonyl (C=O) groups excluding carboxylic acids is 1. The van der Waals surface area contributed by atoms with Gasteiger partial charge in [0.1, 0.15) is 12.4 Å². The van der Waals surface area contributed by atoms with Crippen LogP contribution in [0, 0.1) is 0 Å². The van der Waals surface area contributed by atoms with Crippen LogP contribution in [0.25, 0.3) is 0 Å². The summed E-state index contributed by atoms with van der Waals surface area (Å²) in [5, 5.41) is 0. The fourth-order valence-corrected chi connectivity index (χ4v) is 1.26. The van der Waals surface area contributed by atoms with Crippen molar-refractivity contribution in [2.75, 3.05) is 20.3 Å². The van der Waals surface area contributed by atoms with E-state index in [1.54, 1.807) is 19.2 Å². The summed E-state index contributed by atoms with van der Waals surface area (Å²) in [5.41, 5.74) is 0.580. The summed E-state index contributed by atoms with van der Waals surface area (Å²) in [7, 11) is 1.55. The zero-order valence-corrected chi connectivity index (χ0v) is 9.16. The Kier molecular flexibility index (Phi) is 4.84. The molecule has 0 saturated carbocycles. The molecule has 0 bridgehead atoms. The van der Waals surface area contributed by atoms with Gasteiger partial charge in [-0.05, 0) is 18.6 Å². The maximum atomic E-state index is 11.7. The van der Waals surface area contributed by atoms with Gasteiger partial charge in [0.15, 0.2) is 5.78 Å². The van der Waals surface area contributed by atoms with Crippen molar-refractivity contribution in [1.29, 1.82) is 0 Å². The van der Waals surface area contributed by atoms with Crippen molar-refractivity contribution in [2.45, 2.75) is 13.3 Å². The summed E-state index contributed by atoms with van der Waals surface area (Å²) < 4.78 is 10.3. The summed E-state index contributed by atoms with van der Waals surface area (Å²) >= 11 is 0. The lowest BCUT2D eigenvalue weighted by molar-refractivity contribution is 0.0758. The van der Waals surface area contributed by atoms with Crippen LogP contribution in [0.1, 0.15) is 23.7 Å².